The lowest BCUT2D eigenvalue weighted by Crippen LogP contribution is -2.41. The zero-order valence-corrected chi connectivity index (χ0v) is 13.0. The van der Waals surface area contributed by atoms with Gasteiger partial charge in [0.05, 0.1) is 12.7 Å². The van der Waals surface area contributed by atoms with Crippen molar-refractivity contribution in [2.24, 2.45) is 5.92 Å². The summed E-state index contributed by atoms with van der Waals surface area (Å²) in [7, 11) is 0. The molecule has 1 N–H and O–H groups in total. The van der Waals surface area contributed by atoms with Gasteiger partial charge in [0, 0.05) is 12.5 Å². The van der Waals surface area contributed by atoms with Gasteiger partial charge >= 0.3 is 0 Å². The highest BCUT2D eigenvalue weighted by Gasteiger charge is 2.36. The van der Waals surface area contributed by atoms with Gasteiger partial charge in [-0.25, -0.2) is 0 Å². The first kappa shape index (κ1) is 16.2. The van der Waals surface area contributed by atoms with Crippen LogP contribution in [0.15, 0.2) is 42.5 Å². The molecular formula is C18H26O3. The molecule has 1 saturated heterocycles. The molecule has 1 aromatic carbocycles. The average Bonchev–Trinajstić information content (AvgIpc) is 2.49. The van der Waals surface area contributed by atoms with Gasteiger partial charge in [0.25, 0.3) is 0 Å². The summed E-state index contributed by atoms with van der Waals surface area (Å²) in [5, 5.41) is 8.79. The Morgan fingerprint density at radius 1 is 1.24 bits per heavy atom. The van der Waals surface area contributed by atoms with E-state index in [1.807, 2.05) is 19.9 Å². The summed E-state index contributed by atoms with van der Waals surface area (Å²) < 4.78 is 12.0. The van der Waals surface area contributed by atoms with Gasteiger partial charge in [0.1, 0.15) is 0 Å². The maximum absolute atomic E-state index is 8.79. The summed E-state index contributed by atoms with van der Waals surface area (Å²) in [6.45, 7) is 4.89. The minimum Gasteiger partial charge on any atom is -0.396 e. The fourth-order valence-electron chi connectivity index (χ4n) is 2.60. The van der Waals surface area contributed by atoms with Gasteiger partial charge in [-0.05, 0) is 38.7 Å². The Morgan fingerprint density at radius 2 is 2.00 bits per heavy atom. The van der Waals surface area contributed by atoms with Crippen molar-refractivity contribution < 1.29 is 14.6 Å². The predicted octanol–water partition coefficient (Wildman–Crippen LogP) is 3.85. The number of aliphatic hydroxyl groups is 1. The number of unbranched alkanes of at least 4 members (excludes halogenated alkanes) is 1. The molecule has 116 valence electrons. The van der Waals surface area contributed by atoms with Gasteiger partial charge in [0.15, 0.2) is 5.79 Å². The fourth-order valence-corrected chi connectivity index (χ4v) is 2.60. The van der Waals surface area contributed by atoms with Gasteiger partial charge in [0.2, 0.25) is 0 Å². The molecule has 1 fully saturated rings. The highest BCUT2D eigenvalue weighted by molar-refractivity contribution is 5.19. The Labute approximate surface area is 127 Å². The van der Waals surface area contributed by atoms with Crippen LogP contribution >= 0.6 is 0 Å². The molecule has 2 atom stereocenters. The summed E-state index contributed by atoms with van der Waals surface area (Å²) in [6.07, 6.45) is 7.06. The van der Waals surface area contributed by atoms with Crippen molar-refractivity contribution in [3.05, 3.63) is 48.0 Å². The normalized spacial score (nSPS) is 25.3. The molecule has 1 aromatic rings. The van der Waals surface area contributed by atoms with Gasteiger partial charge in [-0.1, -0.05) is 42.5 Å². The third kappa shape index (κ3) is 4.95. The molecule has 2 rings (SSSR count). The van der Waals surface area contributed by atoms with E-state index in [9.17, 15) is 0 Å². The van der Waals surface area contributed by atoms with Crippen LogP contribution in [0.2, 0.25) is 0 Å². The van der Waals surface area contributed by atoms with Gasteiger partial charge < -0.3 is 14.6 Å². The van der Waals surface area contributed by atoms with Gasteiger partial charge in [-0.3, -0.25) is 0 Å². The first-order valence-electron chi connectivity index (χ1n) is 7.75. The Hall–Kier alpha value is -1.16. The van der Waals surface area contributed by atoms with E-state index in [-0.39, 0.29) is 12.7 Å². The second kappa shape index (κ2) is 7.74. The molecule has 3 heteroatoms. The molecule has 1 heterocycles. The molecule has 0 radical (unpaired) electrons. The lowest BCUT2D eigenvalue weighted by atomic mass is 9.91. The summed E-state index contributed by atoms with van der Waals surface area (Å²) in [5.41, 5.74) is 1.21. The van der Waals surface area contributed by atoms with E-state index in [4.69, 9.17) is 14.6 Å². The number of rotatable bonds is 6. The van der Waals surface area contributed by atoms with Crippen LogP contribution < -0.4 is 0 Å². The van der Waals surface area contributed by atoms with Crippen molar-refractivity contribution >= 4 is 0 Å². The van der Waals surface area contributed by atoms with E-state index in [1.54, 1.807) is 0 Å². The van der Waals surface area contributed by atoms with Crippen molar-refractivity contribution in [2.45, 2.75) is 45.0 Å². The van der Waals surface area contributed by atoms with Crippen LogP contribution in [-0.4, -0.2) is 24.1 Å². The smallest absolute Gasteiger partial charge is 0.163 e. The minimum atomic E-state index is -0.530. The third-order valence-corrected chi connectivity index (χ3v) is 3.75. The van der Waals surface area contributed by atoms with Gasteiger partial charge in [-0.15, -0.1) is 0 Å². The average molecular weight is 290 g/mol. The van der Waals surface area contributed by atoms with Crippen molar-refractivity contribution in [1.29, 1.82) is 0 Å². The number of hydrogen-bond acceptors (Lipinski definition) is 3. The monoisotopic (exact) mass is 290 g/mol. The van der Waals surface area contributed by atoms with Crippen LogP contribution in [0, 0.1) is 5.92 Å². The topological polar surface area (TPSA) is 38.7 Å². The van der Waals surface area contributed by atoms with E-state index in [0.717, 1.165) is 19.3 Å². The largest absolute Gasteiger partial charge is 0.396 e. The number of allylic oxidation sites excluding steroid dienone is 2. The molecule has 0 saturated carbocycles. The number of ether oxygens (including phenoxy) is 2. The second-order valence-corrected chi connectivity index (χ2v) is 5.99. The maximum atomic E-state index is 8.79. The molecule has 0 unspecified atom stereocenters. The molecule has 0 aromatic heterocycles. The second-order valence-electron chi connectivity index (χ2n) is 5.99. The summed E-state index contributed by atoms with van der Waals surface area (Å²) in [4.78, 5) is 0. The molecule has 1 aliphatic rings. The molecule has 0 amide bonds. The Kier molecular flexibility index (Phi) is 5.97. The summed E-state index contributed by atoms with van der Waals surface area (Å²) >= 11 is 0. The molecular weight excluding hydrogens is 264 g/mol. The van der Waals surface area contributed by atoms with E-state index < -0.39 is 5.79 Å². The molecule has 3 nitrogen and oxygen atoms in total. The molecule has 0 spiro atoms. The molecule has 0 bridgehead atoms. The third-order valence-electron chi connectivity index (χ3n) is 3.75. The van der Waals surface area contributed by atoms with Crippen molar-refractivity contribution in [3.8, 4) is 0 Å². The van der Waals surface area contributed by atoms with Crippen LogP contribution in [0.1, 0.15) is 44.8 Å². The van der Waals surface area contributed by atoms with Crippen LogP contribution in [0.25, 0.3) is 0 Å². The van der Waals surface area contributed by atoms with Crippen molar-refractivity contribution in [2.75, 3.05) is 13.2 Å². The van der Waals surface area contributed by atoms with E-state index in [0.29, 0.717) is 12.5 Å². The van der Waals surface area contributed by atoms with Crippen molar-refractivity contribution in [3.63, 3.8) is 0 Å². The molecule has 0 aliphatic carbocycles. The zero-order chi connectivity index (χ0) is 15.1. The van der Waals surface area contributed by atoms with Crippen LogP contribution in [0.4, 0.5) is 0 Å². The first-order valence-corrected chi connectivity index (χ1v) is 7.75. The standard InChI is InChI=1S/C18H26O3/c1-18(2)20-14-16(12-6-3-4-9-13-19)17(21-18)15-10-7-5-8-11-15/h3,5-8,10-11,16-17,19H,4,9,12-14H2,1-2H3/t16-,17-/m1/s1. The van der Waals surface area contributed by atoms with Crippen LogP contribution in [0.5, 0.6) is 0 Å². The number of hydrogen-bond donors (Lipinski definition) is 1. The van der Waals surface area contributed by atoms with Crippen LogP contribution in [-0.2, 0) is 9.47 Å². The van der Waals surface area contributed by atoms with E-state index >= 15 is 0 Å². The highest BCUT2D eigenvalue weighted by atomic mass is 16.7. The van der Waals surface area contributed by atoms with Crippen LogP contribution in [0.3, 0.4) is 0 Å². The Morgan fingerprint density at radius 3 is 2.71 bits per heavy atom. The fraction of sp³-hybridized carbons (Fsp3) is 0.556. The Bertz CT molecular complexity index is 439. The Balaban J connectivity index is 2.02. The van der Waals surface area contributed by atoms with E-state index in [1.165, 1.54) is 5.56 Å². The lowest BCUT2D eigenvalue weighted by Gasteiger charge is -2.41. The maximum Gasteiger partial charge on any atom is 0.163 e. The van der Waals surface area contributed by atoms with Crippen molar-refractivity contribution in [1.82, 2.24) is 0 Å². The lowest BCUT2D eigenvalue weighted by molar-refractivity contribution is -0.295. The predicted molar refractivity (Wildman–Crippen MR) is 83.9 cm³/mol. The van der Waals surface area contributed by atoms with E-state index in [2.05, 4.69) is 36.4 Å². The summed E-state index contributed by atoms with van der Waals surface area (Å²) in [5.74, 6) is -0.205. The highest BCUT2D eigenvalue weighted by Crippen LogP contribution is 2.38. The number of benzene rings is 1. The quantitative estimate of drug-likeness (QED) is 0.639. The first-order chi connectivity index (χ1) is 10.1. The number of aliphatic hydroxyl groups excluding tert-OH is 1. The summed E-state index contributed by atoms with van der Waals surface area (Å²) in [6, 6.07) is 10.4. The molecule has 1 aliphatic heterocycles. The van der Waals surface area contributed by atoms with Gasteiger partial charge in [-0.2, -0.15) is 0 Å². The SMILES string of the molecule is CC1(C)OC[C@@H](CC=CCCCO)[C@@H](c2ccccc2)O1. The molecule has 21 heavy (non-hydrogen) atoms. The minimum absolute atomic E-state index is 0.0671. The zero-order valence-electron chi connectivity index (χ0n) is 13.0.